The van der Waals surface area contributed by atoms with Crippen LogP contribution >= 0.6 is 0 Å². The third-order valence-corrected chi connectivity index (χ3v) is 5.84. The number of aromatic nitrogens is 2. The van der Waals surface area contributed by atoms with Crippen LogP contribution in [0.2, 0.25) is 0 Å². The Balaban J connectivity index is 1.32. The van der Waals surface area contributed by atoms with E-state index in [4.69, 9.17) is 4.74 Å². The lowest BCUT2D eigenvalue weighted by atomic mass is 9.98. The summed E-state index contributed by atoms with van der Waals surface area (Å²) in [5, 5.41) is 18.1. The van der Waals surface area contributed by atoms with Gasteiger partial charge in [0.15, 0.2) is 0 Å². The van der Waals surface area contributed by atoms with E-state index in [1.807, 2.05) is 30.3 Å². The predicted octanol–water partition coefficient (Wildman–Crippen LogP) is 1.67. The van der Waals surface area contributed by atoms with E-state index in [-0.39, 0.29) is 18.1 Å². The van der Waals surface area contributed by atoms with E-state index in [0.717, 1.165) is 25.2 Å². The topological polar surface area (TPSA) is 79.6 Å². The Morgan fingerprint density at radius 3 is 2.79 bits per heavy atom. The number of nitrogens with zero attached hydrogens (tertiary/aromatic N) is 3. The van der Waals surface area contributed by atoms with Crippen LogP contribution in [-0.2, 0) is 11.3 Å². The van der Waals surface area contributed by atoms with Gasteiger partial charge in [0.1, 0.15) is 6.10 Å². The molecule has 29 heavy (non-hydrogen) atoms. The standard InChI is InChI=1S/C22H30N4O3/c27-21-19(9-12-29-20(21)16-25-10-5-2-6-11-25)24-22(28)18-13-23-26(15-18)14-17-7-3-1-4-8-17/h1,3-4,7-8,13,15,19-21,27H,2,5-6,9-12,14,16H2,(H,24,28)/t19-,20+,21-/m0/s1. The lowest BCUT2D eigenvalue weighted by Gasteiger charge is -2.38. The number of rotatable bonds is 6. The van der Waals surface area contributed by atoms with E-state index in [2.05, 4.69) is 15.3 Å². The average Bonchev–Trinajstić information content (AvgIpc) is 3.21. The van der Waals surface area contributed by atoms with Gasteiger partial charge in [0, 0.05) is 19.3 Å². The molecule has 2 saturated heterocycles. The number of likely N-dealkylation sites (tertiary alicyclic amines) is 1. The van der Waals surface area contributed by atoms with Gasteiger partial charge in [-0.15, -0.1) is 0 Å². The van der Waals surface area contributed by atoms with E-state index in [0.29, 0.717) is 25.1 Å². The molecule has 0 bridgehead atoms. The van der Waals surface area contributed by atoms with Crippen molar-refractivity contribution in [2.75, 3.05) is 26.2 Å². The minimum absolute atomic E-state index is 0.202. The molecule has 0 unspecified atom stereocenters. The van der Waals surface area contributed by atoms with Crippen LogP contribution in [0.4, 0.5) is 0 Å². The molecule has 2 fully saturated rings. The van der Waals surface area contributed by atoms with Crippen LogP contribution in [0.5, 0.6) is 0 Å². The van der Waals surface area contributed by atoms with Crippen LogP contribution in [0, 0.1) is 0 Å². The number of amides is 1. The molecule has 1 aromatic carbocycles. The molecule has 0 radical (unpaired) electrons. The van der Waals surface area contributed by atoms with E-state index in [1.165, 1.54) is 19.3 Å². The summed E-state index contributed by atoms with van der Waals surface area (Å²) in [6, 6.07) is 9.70. The molecule has 0 saturated carbocycles. The second-order valence-electron chi connectivity index (χ2n) is 8.04. The number of aliphatic hydroxyl groups excluding tert-OH is 1. The van der Waals surface area contributed by atoms with Gasteiger partial charge < -0.3 is 20.1 Å². The first-order chi connectivity index (χ1) is 14.2. The number of aliphatic hydroxyl groups is 1. The normalized spacial score (nSPS) is 25.6. The lowest BCUT2D eigenvalue weighted by Crippen LogP contribution is -2.56. The van der Waals surface area contributed by atoms with Gasteiger partial charge in [0.2, 0.25) is 0 Å². The molecule has 7 heteroatoms. The fourth-order valence-electron chi connectivity index (χ4n) is 4.18. The summed E-state index contributed by atoms with van der Waals surface area (Å²) >= 11 is 0. The Labute approximate surface area is 171 Å². The van der Waals surface area contributed by atoms with Crippen molar-refractivity contribution in [3.05, 3.63) is 53.9 Å². The Hall–Kier alpha value is -2.22. The van der Waals surface area contributed by atoms with Gasteiger partial charge in [0.25, 0.3) is 5.91 Å². The highest BCUT2D eigenvalue weighted by molar-refractivity contribution is 5.93. The Kier molecular flexibility index (Phi) is 6.59. The van der Waals surface area contributed by atoms with Gasteiger partial charge in [-0.3, -0.25) is 9.48 Å². The third-order valence-electron chi connectivity index (χ3n) is 5.84. The highest BCUT2D eigenvalue weighted by atomic mass is 16.5. The summed E-state index contributed by atoms with van der Waals surface area (Å²) in [6.45, 7) is 4.01. The van der Waals surface area contributed by atoms with Gasteiger partial charge in [-0.25, -0.2) is 0 Å². The molecule has 156 valence electrons. The largest absolute Gasteiger partial charge is 0.388 e. The molecule has 3 atom stereocenters. The molecular weight excluding hydrogens is 368 g/mol. The first kappa shape index (κ1) is 20.1. The van der Waals surface area contributed by atoms with Crippen molar-refractivity contribution >= 4 is 5.91 Å². The second kappa shape index (κ2) is 9.52. The highest BCUT2D eigenvalue weighted by Gasteiger charge is 2.35. The minimum Gasteiger partial charge on any atom is -0.388 e. The van der Waals surface area contributed by atoms with Crippen LogP contribution in [0.15, 0.2) is 42.7 Å². The maximum atomic E-state index is 12.7. The molecule has 3 heterocycles. The van der Waals surface area contributed by atoms with Gasteiger partial charge in [0.05, 0.1) is 30.5 Å². The first-order valence-corrected chi connectivity index (χ1v) is 10.6. The zero-order valence-electron chi connectivity index (χ0n) is 16.7. The Morgan fingerprint density at radius 1 is 1.21 bits per heavy atom. The maximum Gasteiger partial charge on any atom is 0.254 e. The summed E-state index contributed by atoms with van der Waals surface area (Å²) in [4.78, 5) is 15.1. The van der Waals surface area contributed by atoms with Gasteiger partial charge in [-0.1, -0.05) is 36.8 Å². The summed E-state index contributed by atoms with van der Waals surface area (Å²) in [7, 11) is 0. The maximum absolute atomic E-state index is 12.7. The molecule has 1 aromatic heterocycles. The molecule has 2 N–H and O–H groups in total. The van der Waals surface area contributed by atoms with Crippen LogP contribution in [0.25, 0.3) is 0 Å². The van der Waals surface area contributed by atoms with Crippen molar-refractivity contribution in [1.82, 2.24) is 20.0 Å². The number of carbonyl (C=O) groups is 1. The number of piperidine rings is 1. The van der Waals surface area contributed by atoms with Crippen LogP contribution in [0.1, 0.15) is 41.6 Å². The molecule has 0 aliphatic carbocycles. The minimum atomic E-state index is -0.700. The summed E-state index contributed by atoms with van der Waals surface area (Å²) in [5.41, 5.74) is 1.63. The van der Waals surface area contributed by atoms with E-state index in [9.17, 15) is 9.90 Å². The summed E-state index contributed by atoms with van der Waals surface area (Å²) in [6.07, 6.45) is 6.67. The number of benzene rings is 1. The van der Waals surface area contributed by atoms with Crippen molar-refractivity contribution < 1.29 is 14.6 Å². The van der Waals surface area contributed by atoms with Crippen molar-refractivity contribution in [3.63, 3.8) is 0 Å². The zero-order chi connectivity index (χ0) is 20.1. The van der Waals surface area contributed by atoms with Crippen molar-refractivity contribution in [3.8, 4) is 0 Å². The van der Waals surface area contributed by atoms with Crippen LogP contribution in [-0.4, -0.2) is 70.2 Å². The van der Waals surface area contributed by atoms with E-state index in [1.54, 1.807) is 17.1 Å². The van der Waals surface area contributed by atoms with Crippen molar-refractivity contribution in [1.29, 1.82) is 0 Å². The molecule has 4 rings (SSSR count). The molecule has 2 aromatic rings. The zero-order valence-corrected chi connectivity index (χ0v) is 16.7. The number of hydrogen-bond donors (Lipinski definition) is 2. The second-order valence-corrected chi connectivity index (χ2v) is 8.04. The van der Waals surface area contributed by atoms with Gasteiger partial charge >= 0.3 is 0 Å². The Bertz CT molecular complexity index is 788. The quantitative estimate of drug-likeness (QED) is 0.774. The number of carbonyl (C=O) groups excluding carboxylic acids is 1. The van der Waals surface area contributed by atoms with E-state index >= 15 is 0 Å². The molecular formula is C22H30N4O3. The summed E-state index contributed by atoms with van der Waals surface area (Å²) < 4.78 is 7.58. The fourth-order valence-corrected chi connectivity index (χ4v) is 4.18. The van der Waals surface area contributed by atoms with Gasteiger partial charge in [-0.05, 0) is 37.9 Å². The molecule has 7 nitrogen and oxygen atoms in total. The smallest absolute Gasteiger partial charge is 0.254 e. The molecule has 2 aliphatic heterocycles. The monoisotopic (exact) mass is 398 g/mol. The lowest BCUT2D eigenvalue weighted by molar-refractivity contribution is -0.101. The van der Waals surface area contributed by atoms with Crippen LogP contribution < -0.4 is 5.32 Å². The molecule has 2 aliphatic rings. The average molecular weight is 399 g/mol. The Morgan fingerprint density at radius 2 is 2.00 bits per heavy atom. The van der Waals surface area contributed by atoms with E-state index < -0.39 is 6.10 Å². The number of ether oxygens (including phenoxy) is 1. The van der Waals surface area contributed by atoms with Crippen molar-refractivity contribution in [2.24, 2.45) is 0 Å². The third kappa shape index (κ3) is 5.23. The first-order valence-electron chi connectivity index (χ1n) is 10.6. The number of hydrogen-bond acceptors (Lipinski definition) is 5. The fraction of sp³-hybridized carbons (Fsp3) is 0.545. The highest BCUT2D eigenvalue weighted by Crippen LogP contribution is 2.19. The summed E-state index contributed by atoms with van der Waals surface area (Å²) in [5.74, 6) is -0.202. The van der Waals surface area contributed by atoms with Gasteiger partial charge in [-0.2, -0.15) is 5.10 Å². The predicted molar refractivity (Wildman–Crippen MR) is 110 cm³/mol. The SMILES string of the molecule is O=C(N[C@H]1CCO[C@H](CN2CCCCC2)[C@H]1O)c1cnn(Cc2ccccc2)c1. The van der Waals surface area contributed by atoms with Crippen molar-refractivity contribution in [2.45, 2.75) is 50.5 Å². The van der Waals surface area contributed by atoms with Crippen LogP contribution in [0.3, 0.4) is 0 Å². The molecule has 1 amide bonds. The number of nitrogens with one attached hydrogen (secondary N) is 1. The molecule has 0 spiro atoms.